The molecule has 0 unspecified atom stereocenters. The Hall–Kier alpha value is -11.8. The Labute approximate surface area is 643 Å². The molecule has 12 heteroatoms. The number of carbonyl (C=O) groups excluding carboxylic acids is 8. The first-order chi connectivity index (χ1) is 54.3. The van der Waals surface area contributed by atoms with Gasteiger partial charge >= 0.3 is 0 Å². The normalized spacial score (nSPS) is 15.3. The third-order valence-corrected chi connectivity index (χ3v) is 26.2. The van der Waals surface area contributed by atoms with Gasteiger partial charge in [0, 0.05) is 78.1 Å². The molecule has 4 aliphatic heterocycles. The first-order valence-corrected chi connectivity index (χ1v) is 40.8. The first-order valence-electron chi connectivity index (χ1n) is 40.8. The van der Waals surface area contributed by atoms with Crippen LogP contribution in [0, 0.1) is 0 Å². The number of rotatable bonds is 24. The number of anilines is 2. The van der Waals surface area contributed by atoms with E-state index >= 15 is 19.2 Å². The zero-order chi connectivity index (χ0) is 75.6. The molecule has 2 aliphatic carbocycles. The first kappa shape index (κ1) is 68.5. The van der Waals surface area contributed by atoms with Crippen molar-refractivity contribution in [2.45, 2.75) is 174 Å². The van der Waals surface area contributed by atoms with Crippen LogP contribution in [0.15, 0.2) is 182 Å². The fourth-order valence-electron chi connectivity index (χ4n) is 21.1. The van der Waals surface area contributed by atoms with Gasteiger partial charge in [0.15, 0.2) is 0 Å². The summed E-state index contributed by atoms with van der Waals surface area (Å²) in [5.41, 5.74) is 10.6. The van der Waals surface area contributed by atoms with Gasteiger partial charge in [-0.1, -0.05) is 240 Å². The second-order valence-electron chi connectivity index (χ2n) is 32.1. The Bertz CT molecular complexity index is 5830. The molecule has 0 saturated heterocycles. The van der Waals surface area contributed by atoms with Crippen molar-refractivity contribution < 1.29 is 38.4 Å². The standard InChI is InChI=1S/C99H84N4O8/c1-5-9-13-17-25-55(26-18-14-10-6-2)100-91(104)71-45-37-63-67-41-49-75-89-76(50-42-68(85(67)89)64-38-46-72(92(100)105)87(71)83(63)64)96(109)102(95(75)108)57-33-35-61-59-29-21-23-31-79(59)99(81(61)53-57)80-32-24-22-30-60(80)62-36-34-58(54-82(62)99)103-97(110)77-51-43-69-65-39-47-73-88-74(48-40-66(84(65)88)70-44-52-78(98(103)111)90(77)86(69)70)94(107)101(93(73)106)56(27-19-15-11-7-3)28-20-16-12-8-4/h21-24,29-56H,5-20,25-28H2,1-4H3. The Morgan fingerprint density at radius 1 is 0.234 bits per heavy atom. The molecule has 0 N–H and O–H groups in total. The van der Waals surface area contributed by atoms with Crippen LogP contribution in [0.4, 0.5) is 11.4 Å². The maximum atomic E-state index is 15.8. The number of benzene rings is 14. The van der Waals surface area contributed by atoms with Gasteiger partial charge in [0.25, 0.3) is 47.3 Å². The summed E-state index contributed by atoms with van der Waals surface area (Å²) in [5, 5.41) is 12.2. The van der Waals surface area contributed by atoms with Crippen LogP contribution in [-0.2, 0) is 5.41 Å². The smallest absolute Gasteiger partial charge is 0.265 e. The van der Waals surface area contributed by atoms with Gasteiger partial charge in [0.1, 0.15) is 0 Å². The SMILES string of the molecule is CCCCCCC(CCCCCC)N1C(=O)c2ccc3c4ccc5c6c(ccc(c7ccc(c2c37)C1=O)c64)C(=O)N(c1ccc2c(c1)C1(c3ccccc3-2)c2ccccc2-c2ccc(N3C(=O)c4ccc6c7ccc8c9c(ccc(c%10ccc(c4c6%10)C3=O)c97)C(=O)N(C(CCCCCC)CCCCCC)C8=O)cc21)C5=O. The molecule has 0 aromatic heterocycles. The fourth-order valence-corrected chi connectivity index (χ4v) is 21.1. The molecule has 14 aromatic rings. The monoisotopic (exact) mass is 1460 g/mol. The third-order valence-electron chi connectivity index (χ3n) is 26.2. The summed E-state index contributed by atoms with van der Waals surface area (Å²) in [6, 6.07) is 58.5. The molecule has 0 radical (unpaired) electrons. The second kappa shape index (κ2) is 26.2. The van der Waals surface area contributed by atoms with E-state index in [1.54, 1.807) is 9.80 Å². The summed E-state index contributed by atoms with van der Waals surface area (Å²) in [6.45, 7) is 8.76. The minimum atomic E-state index is -1.07. The predicted molar refractivity (Wildman–Crippen MR) is 444 cm³/mol. The van der Waals surface area contributed by atoms with Crippen LogP contribution in [-0.4, -0.2) is 69.1 Å². The topological polar surface area (TPSA) is 150 Å². The number of imide groups is 4. The molecule has 12 nitrogen and oxygen atoms in total. The van der Waals surface area contributed by atoms with Gasteiger partial charge in [0.2, 0.25) is 0 Å². The molecular weight excluding hydrogens is 1370 g/mol. The van der Waals surface area contributed by atoms with E-state index < -0.39 is 29.0 Å². The van der Waals surface area contributed by atoms with Crippen molar-refractivity contribution in [2.24, 2.45) is 0 Å². The molecule has 0 saturated carbocycles. The van der Waals surface area contributed by atoms with Crippen molar-refractivity contribution in [2.75, 3.05) is 9.80 Å². The highest BCUT2D eigenvalue weighted by Crippen LogP contribution is 2.64. The average molecular weight is 1460 g/mol. The van der Waals surface area contributed by atoms with Gasteiger partial charge in [-0.15, -0.1) is 0 Å². The van der Waals surface area contributed by atoms with Crippen molar-refractivity contribution >= 4 is 145 Å². The number of carbonyl (C=O) groups is 8. The molecule has 8 amide bonds. The minimum absolute atomic E-state index is 0.194. The summed E-state index contributed by atoms with van der Waals surface area (Å²) in [4.78, 5) is 129. The summed E-state index contributed by atoms with van der Waals surface area (Å²) < 4.78 is 0. The van der Waals surface area contributed by atoms with E-state index in [0.29, 0.717) is 77.4 Å². The maximum absolute atomic E-state index is 15.8. The number of fused-ring (bicyclic) bond motifs is 14. The Balaban J connectivity index is 0.659. The summed E-state index contributed by atoms with van der Waals surface area (Å²) in [7, 11) is 0. The van der Waals surface area contributed by atoms with Crippen molar-refractivity contribution in [3.8, 4) is 22.3 Å². The lowest BCUT2D eigenvalue weighted by atomic mass is 9.70. The highest BCUT2D eigenvalue weighted by molar-refractivity contribution is 6.46. The number of hydrogen-bond acceptors (Lipinski definition) is 8. The largest absolute Gasteiger partial charge is 0.271 e. The number of unbranched alkanes of at least 4 members (excludes halogenated alkanes) is 12. The molecular formula is C99H84N4O8. The minimum Gasteiger partial charge on any atom is -0.271 e. The quantitative estimate of drug-likeness (QED) is 0.0251. The lowest BCUT2D eigenvalue weighted by molar-refractivity contribution is 0.0501. The van der Waals surface area contributed by atoms with Gasteiger partial charge in [-0.2, -0.15) is 0 Å². The highest BCUT2D eigenvalue weighted by Gasteiger charge is 2.53. The zero-order valence-corrected chi connectivity index (χ0v) is 63.2. The lowest BCUT2D eigenvalue weighted by Gasteiger charge is -2.35. The molecule has 4 heterocycles. The van der Waals surface area contributed by atoms with E-state index in [0.717, 1.165) is 238 Å². The highest BCUT2D eigenvalue weighted by atomic mass is 16.2. The summed E-state index contributed by atoms with van der Waals surface area (Å²) >= 11 is 0. The zero-order valence-electron chi connectivity index (χ0n) is 63.2. The van der Waals surface area contributed by atoms with Crippen LogP contribution < -0.4 is 9.80 Å². The molecule has 548 valence electrons. The fraction of sp³-hybridized carbons (Fsp3) is 0.273. The van der Waals surface area contributed by atoms with Gasteiger partial charge in [0.05, 0.1) is 16.8 Å². The third kappa shape index (κ3) is 9.58. The van der Waals surface area contributed by atoms with E-state index in [9.17, 15) is 19.2 Å². The van der Waals surface area contributed by atoms with Crippen molar-refractivity contribution in [1.29, 1.82) is 0 Å². The van der Waals surface area contributed by atoms with Crippen LogP contribution >= 0.6 is 0 Å². The molecule has 1 spiro atoms. The van der Waals surface area contributed by atoms with Crippen LogP contribution in [0.1, 0.15) is 261 Å². The van der Waals surface area contributed by atoms with Crippen LogP contribution in [0.2, 0.25) is 0 Å². The van der Waals surface area contributed by atoms with Crippen molar-refractivity contribution in [1.82, 2.24) is 9.80 Å². The second-order valence-corrected chi connectivity index (χ2v) is 32.1. The van der Waals surface area contributed by atoms with E-state index in [2.05, 4.69) is 52.0 Å². The number of amides is 8. The molecule has 111 heavy (non-hydrogen) atoms. The van der Waals surface area contributed by atoms with Crippen LogP contribution in [0.25, 0.3) is 108 Å². The van der Waals surface area contributed by atoms with Crippen LogP contribution in [0.5, 0.6) is 0 Å². The predicted octanol–water partition coefficient (Wildman–Crippen LogP) is 23.5. The van der Waals surface area contributed by atoms with Gasteiger partial charge in [-0.3, -0.25) is 48.2 Å². The van der Waals surface area contributed by atoms with E-state index in [1.165, 1.54) is 9.80 Å². The van der Waals surface area contributed by atoms with Gasteiger partial charge in [-0.25, -0.2) is 9.80 Å². The Morgan fingerprint density at radius 3 is 0.730 bits per heavy atom. The van der Waals surface area contributed by atoms with E-state index in [-0.39, 0.29) is 35.7 Å². The van der Waals surface area contributed by atoms with Gasteiger partial charge < -0.3 is 0 Å². The summed E-state index contributed by atoms with van der Waals surface area (Å²) in [6.07, 6.45) is 20.0. The van der Waals surface area contributed by atoms with Gasteiger partial charge in [-0.05, 0) is 208 Å². The Kier molecular flexibility index (Phi) is 16.2. The number of nitrogens with zero attached hydrogens (tertiary/aromatic N) is 4. The summed E-state index contributed by atoms with van der Waals surface area (Å²) in [5.74, 6) is -2.90. The lowest BCUT2D eigenvalue weighted by Crippen LogP contribution is -2.47. The molecule has 14 aromatic carbocycles. The van der Waals surface area contributed by atoms with E-state index in [1.807, 2.05) is 158 Å². The number of hydrogen-bond donors (Lipinski definition) is 0. The molecule has 6 aliphatic rings. The Morgan fingerprint density at radius 2 is 0.468 bits per heavy atom. The molecule has 20 rings (SSSR count). The molecule has 0 bridgehead atoms. The molecule has 0 atom stereocenters. The maximum Gasteiger partial charge on any atom is 0.265 e. The van der Waals surface area contributed by atoms with Crippen LogP contribution in [0.3, 0.4) is 0 Å². The van der Waals surface area contributed by atoms with E-state index in [4.69, 9.17) is 0 Å². The molecule has 0 fully saturated rings. The van der Waals surface area contributed by atoms with Crippen molar-refractivity contribution in [3.63, 3.8) is 0 Å². The van der Waals surface area contributed by atoms with Crippen molar-refractivity contribution in [3.05, 3.63) is 249 Å². The average Bonchev–Trinajstić information content (AvgIpc) is 1.49.